The quantitative estimate of drug-likeness (QED) is 0.561. The van der Waals surface area contributed by atoms with Crippen LogP contribution in [0.4, 0.5) is 0 Å². The summed E-state index contributed by atoms with van der Waals surface area (Å²) in [6, 6.07) is 7.47. The van der Waals surface area contributed by atoms with Crippen LogP contribution < -0.4 is 5.32 Å². The lowest BCUT2D eigenvalue weighted by Gasteiger charge is -2.08. The van der Waals surface area contributed by atoms with Gasteiger partial charge < -0.3 is 5.32 Å². The Morgan fingerprint density at radius 3 is 2.50 bits per heavy atom. The minimum Gasteiger partial charge on any atom is -0.317 e. The van der Waals surface area contributed by atoms with E-state index >= 15 is 0 Å². The molecule has 0 bridgehead atoms. The minimum atomic E-state index is 0.0484. The van der Waals surface area contributed by atoms with Crippen LogP contribution in [-0.2, 0) is 0 Å². The van der Waals surface area contributed by atoms with Gasteiger partial charge in [-0.05, 0) is 24.6 Å². The van der Waals surface area contributed by atoms with Crippen LogP contribution >= 0.6 is 11.6 Å². The molecule has 0 amide bonds. The smallest absolute Gasteiger partial charge is 0.177 e. The van der Waals surface area contributed by atoms with Crippen LogP contribution in [0.3, 0.4) is 0 Å². The summed E-state index contributed by atoms with van der Waals surface area (Å²) < 4.78 is 0. The molecular formula is C9H9ClN2. The molecule has 1 rings (SSSR count). The summed E-state index contributed by atoms with van der Waals surface area (Å²) in [5.41, 5.74) is 1.06. The summed E-state index contributed by atoms with van der Waals surface area (Å²) in [5, 5.41) is 11.7. The van der Waals surface area contributed by atoms with Crippen molar-refractivity contribution in [3.05, 3.63) is 34.9 Å². The number of hydrogen-bond donors (Lipinski definition) is 1. The van der Waals surface area contributed by atoms with E-state index in [1.807, 2.05) is 37.4 Å². The molecule has 2 nitrogen and oxygen atoms in total. The molecule has 1 atom stereocenters. The van der Waals surface area contributed by atoms with Crippen LogP contribution in [0.15, 0.2) is 24.3 Å². The molecule has 0 spiro atoms. The van der Waals surface area contributed by atoms with Gasteiger partial charge in [0.25, 0.3) is 0 Å². The molecule has 0 aliphatic heterocycles. The monoisotopic (exact) mass is 180 g/mol. The molecule has 0 saturated heterocycles. The van der Waals surface area contributed by atoms with Gasteiger partial charge >= 0.3 is 0 Å². The van der Waals surface area contributed by atoms with Crippen molar-refractivity contribution in [1.29, 1.82) is 5.26 Å². The van der Waals surface area contributed by atoms with Gasteiger partial charge in [0, 0.05) is 5.02 Å². The second-order valence-electron chi connectivity index (χ2n) is 2.53. The topological polar surface area (TPSA) is 35.8 Å². The van der Waals surface area contributed by atoms with Crippen LogP contribution in [0.1, 0.15) is 18.5 Å². The van der Waals surface area contributed by atoms with Crippen molar-refractivity contribution in [3.8, 4) is 6.19 Å². The fourth-order valence-electron chi connectivity index (χ4n) is 0.932. The molecule has 3 heteroatoms. The van der Waals surface area contributed by atoms with Crippen molar-refractivity contribution in [3.63, 3.8) is 0 Å². The second kappa shape index (κ2) is 3.99. The largest absolute Gasteiger partial charge is 0.317 e. The average molecular weight is 181 g/mol. The standard InChI is InChI=1S/C9H9ClN2/c1-7(12-6-11)8-2-4-9(10)5-3-8/h2-5,7,12H,1H3. The number of nitriles is 1. The van der Waals surface area contributed by atoms with Crippen LogP contribution in [0.25, 0.3) is 0 Å². The molecule has 0 aliphatic carbocycles. The fraction of sp³-hybridized carbons (Fsp3) is 0.222. The number of rotatable bonds is 2. The third-order valence-electron chi connectivity index (χ3n) is 1.65. The molecule has 0 fully saturated rings. The van der Waals surface area contributed by atoms with E-state index in [-0.39, 0.29) is 6.04 Å². The molecule has 0 aromatic heterocycles. The molecular weight excluding hydrogens is 172 g/mol. The van der Waals surface area contributed by atoms with E-state index in [1.54, 1.807) is 0 Å². The van der Waals surface area contributed by atoms with E-state index in [2.05, 4.69) is 5.32 Å². The lowest BCUT2D eigenvalue weighted by Crippen LogP contribution is -2.11. The van der Waals surface area contributed by atoms with Gasteiger partial charge in [-0.15, -0.1) is 0 Å². The number of nitrogens with one attached hydrogen (secondary N) is 1. The van der Waals surface area contributed by atoms with Gasteiger partial charge in [-0.25, -0.2) is 0 Å². The van der Waals surface area contributed by atoms with E-state index in [0.29, 0.717) is 5.02 Å². The lowest BCUT2D eigenvalue weighted by atomic mass is 10.1. The summed E-state index contributed by atoms with van der Waals surface area (Å²) in [5.74, 6) is 0. The average Bonchev–Trinajstić information content (AvgIpc) is 2.06. The second-order valence-corrected chi connectivity index (χ2v) is 2.97. The number of halogens is 1. The van der Waals surface area contributed by atoms with Crippen molar-refractivity contribution in [1.82, 2.24) is 5.32 Å². The SMILES string of the molecule is CC(NC#N)c1ccc(Cl)cc1. The Labute approximate surface area is 76.8 Å². The number of benzene rings is 1. The molecule has 0 radical (unpaired) electrons. The Balaban J connectivity index is 2.76. The van der Waals surface area contributed by atoms with E-state index in [1.165, 1.54) is 0 Å². The Bertz CT molecular complexity index is 286. The van der Waals surface area contributed by atoms with Crippen LogP contribution in [0.2, 0.25) is 5.02 Å². The molecule has 0 aliphatic rings. The highest BCUT2D eigenvalue weighted by atomic mass is 35.5. The van der Waals surface area contributed by atoms with Crippen molar-refractivity contribution < 1.29 is 0 Å². The third kappa shape index (κ3) is 2.14. The van der Waals surface area contributed by atoms with E-state index in [9.17, 15) is 0 Å². The summed E-state index contributed by atoms with van der Waals surface area (Å²) in [7, 11) is 0. The van der Waals surface area contributed by atoms with Gasteiger partial charge in [-0.1, -0.05) is 23.7 Å². The first-order chi connectivity index (χ1) is 5.74. The van der Waals surface area contributed by atoms with E-state index in [0.717, 1.165) is 5.56 Å². The molecule has 1 aromatic carbocycles. The Kier molecular flexibility index (Phi) is 2.95. The van der Waals surface area contributed by atoms with Gasteiger partial charge in [0.15, 0.2) is 6.19 Å². The first kappa shape index (κ1) is 8.89. The summed E-state index contributed by atoms with van der Waals surface area (Å²) >= 11 is 5.71. The van der Waals surface area contributed by atoms with E-state index in [4.69, 9.17) is 16.9 Å². The van der Waals surface area contributed by atoms with Crippen LogP contribution in [0, 0.1) is 11.5 Å². The van der Waals surface area contributed by atoms with E-state index < -0.39 is 0 Å². The van der Waals surface area contributed by atoms with Crippen molar-refractivity contribution in [2.75, 3.05) is 0 Å². The van der Waals surface area contributed by atoms with Gasteiger partial charge in [0.2, 0.25) is 0 Å². The van der Waals surface area contributed by atoms with Crippen molar-refractivity contribution in [2.45, 2.75) is 13.0 Å². The van der Waals surface area contributed by atoms with Gasteiger partial charge in [0.05, 0.1) is 6.04 Å². The van der Waals surface area contributed by atoms with Crippen LogP contribution in [-0.4, -0.2) is 0 Å². The lowest BCUT2D eigenvalue weighted by molar-refractivity contribution is 0.697. The molecule has 1 unspecified atom stereocenters. The first-order valence-electron chi connectivity index (χ1n) is 3.64. The molecule has 1 N–H and O–H groups in total. The summed E-state index contributed by atoms with van der Waals surface area (Å²) in [4.78, 5) is 0. The maximum absolute atomic E-state index is 8.37. The number of hydrogen-bond acceptors (Lipinski definition) is 2. The zero-order chi connectivity index (χ0) is 8.97. The predicted molar refractivity (Wildman–Crippen MR) is 48.6 cm³/mol. The van der Waals surface area contributed by atoms with Gasteiger partial charge in [-0.3, -0.25) is 0 Å². The molecule has 12 heavy (non-hydrogen) atoms. The van der Waals surface area contributed by atoms with Crippen LogP contribution in [0.5, 0.6) is 0 Å². The Morgan fingerprint density at radius 2 is 2.00 bits per heavy atom. The molecule has 1 aromatic rings. The predicted octanol–water partition coefficient (Wildman–Crippen LogP) is 2.47. The molecule has 62 valence electrons. The first-order valence-corrected chi connectivity index (χ1v) is 4.02. The minimum absolute atomic E-state index is 0.0484. The highest BCUT2D eigenvalue weighted by Crippen LogP contribution is 2.15. The normalized spacial score (nSPS) is 11.8. The summed E-state index contributed by atoms with van der Waals surface area (Å²) in [6.45, 7) is 1.92. The van der Waals surface area contributed by atoms with Crippen molar-refractivity contribution in [2.24, 2.45) is 0 Å². The van der Waals surface area contributed by atoms with Crippen molar-refractivity contribution >= 4 is 11.6 Å². The zero-order valence-corrected chi connectivity index (χ0v) is 7.47. The van der Waals surface area contributed by atoms with Gasteiger partial charge in [0.1, 0.15) is 0 Å². The highest BCUT2D eigenvalue weighted by Gasteiger charge is 2.01. The Hall–Kier alpha value is -1.20. The third-order valence-corrected chi connectivity index (χ3v) is 1.90. The zero-order valence-electron chi connectivity index (χ0n) is 6.71. The molecule has 0 saturated carbocycles. The fourth-order valence-corrected chi connectivity index (χ4v) is 1.06. The number of nitrogens with zero attached hydrogens (tertiary/aromatic N) is 1. The Morgan fingerprint density at radius 1 is 1.42 bits per heavy atom. The molecule has 0 heterocycles. The highest BCUT2D eigenvalue weighted by molar-refractivity contribution is 6.30. The van der Waals surface area contributed by atoms with Gasteiger partial charge in [-0.2, -0.15) is 5.26 Å². The maximum atomic E-state index is 8.37. The maximum Gasteiger partial charge on any atom is 0.177 e. The summed E-state index contributed by atoms with van der Waals surface area (Å²) in [6.07, 6.45) is 1.90.